The SMILES string of the molecule is COc1ccc(N(CC(=O)NC(C)(C)C)C(=O)c2snc(C(N)=O)c2N)cc1OC. The maximum absolute atomic E-state index is 13.3. The third-order valence-corrected chi connectivity index (χ3v) is 4.75. The molecule has 0 bridgehead atoms. The second-order valence-electron chi connectivity index (χ2n) is 7.37. The van der Waals surface area contributed by atoms with Gasteiger partial charge in [-0.25, -0.2) is 0 Å². The molecule has 0 atom stereocenters. The van der Waals surface area contributed by atoms with Crippen LogP contribution in [0.15, 0.2) is 18.2 Å². The van der Waals surface area contributed by atoms with E-state index in [-0.39, 0.29) is 28.7 Å². The Labute approximate surface area is 178 Å². The molecule has 1 aromatic heterocycles. The molecule has 0 aliphatic rings. The highest BCUT2D eigenvalue weighted by atomic mass is 32.1. The minimum atomic E-state index is -0.842. The number of methoxy groups -OCH3 is 2. The van der Waals surface area contributed by atoms with E-state index in [1.807, 2.05) is 20.8 Å². The summed E-state index contributed by atoms with van der Waals surface area (Å²) in [6.07, 6.45) is 0. The van der Waals surface area contributed by atoms with Crippen molar-refractivity contribution >= 4 is 40.6 Å². The van der Waals surface area contributed by atoms with Gasteiger partial charge >= 0.3 is 0 Å². The first kappa shape index (κ1) is 22.9. The minimum Gasteiger partial charge on any atom is -0.493 e. The topological polar surface area (TPSA) is 150 Å². The van der Waals surface area contributed by atoms with Gasteiger partial charge in [0.25, 0.3) is 11.8 Å². The van der Waals surface area contributed by atoms with E-state index in [2.05, 4.69) is 9.69 Å². The average molecular weight is 436 g/mol. The van der Waals surface area contributed by atoms with Crippen LogP contribution in [-0.2, 0) is 4.79 Å². The van der Waals surface area contributed by atoms with Gasteiger partial charge in [0.05, 0.1) is 19.9 Å². The van der Waals surface area contributed by atoms with Crippen molar-refractivity contribution in [2.45, 2.75) is 26.3 Å². The standard InChI is InChI=1S/C19H25N5O5S/c1-19(2,3)22-13(25)9-24(10-6-7-11(28-4)12(8-10)29-5)18(27)16-14(20)15(17(21)26)23-30-16/h6-8H,9,20H2,1-5H3,(H2,21,26)(H,22,25). The largest absolute Gasteiger partial charge is 0.493 e. The summed E-state index contributed by atoms with van der Waals surface area (Å²) < 4.78 is 14.4. The molecule has 0 unspecified atom stereocenters. The van der Waals surface area contributed by atoms with Crippen LogP contribution in [0.1, 0.15) is 40.9 Å². The van der Waals surface area contributed by atoms with E-state index in [9.17, 15) is 14.4 Å². The van der Waals surface area contributed by atoms with Crippen LogP contribution in [0, 0.1) is 0 Å². The Kier molecular flexibility index (Phi) is 6.88. The van der Waals surface area contributed by atoms with Crippen molar-refractivity contribution in [3.05, 3.63) is 28.8 Å². The van der Waals surface area contributed by atoms with Gasteiger partial charge in [0.15, 0.2) is 17.2 Å². The van der Waals surface area contributed by atoms with Gasteiger partial charge in [0, 0.05) is 17.3 Å². The van der Waals surface area contributed by atoms with Crippen molar-refractivity contribution in [2.75, 3.05) is 31.4 Å². The van der Waals surface area contributed by atoms with Gasteiger partial charge in [-0.1, -0.05) is 0 Å². The molecular formula is C19H25N5O5S. The number of nitrogens with one attached hydrogen (secondary N) is 1. The molecule has 0 saturated heterocycles. The van der Waals surface area contributed by atoms with Crippen LogP contribution >= 0.6 is 11.5 Å². The first-order valence-electron chi connectivity index (χ1n) is 8.88. The molecule has 11 heteroatoms. The Morgan fingerprint density at radius 1 is 1.17 bits per heavy atom. The number of hydrogen-bond acceptors (Lipinski definition) is 8. The summed E-state index contributed by atoms with van der Waals surface area (Å²) in [4.78, 5) is 38.5. The molecule has 0 radical (unpaired) electrons. The molecule has 1 aromatic carbocycles. The number of primary amides is 1. The Morgan fingerprint density at radius 2 is 1.80 bits per heavy atom. The number of nitrogens with two attached hydrogens (primary N) is 2. The van der Waals surface area contributed by atoms with Gasteiger partial charge in [-0.05, 0) is 44.4 Å². The van der Waals surface area contributed by atoms with Crippen molar-refractivity contribution < 1.29 is 23.9 Å². The van der Waals surface area contributed by atoms with E-state index in [1.165, 1.54) is 19.1 Å². The van der Waals surface area contributed by atoms with Crippen molar-refractivity contribution in [3.8, 4) is 11.5 Å². The number of nitrogens with zero attached hydrogens (tertiary/aromatic N) is 2. The Balaban J connectivity index is 2.49. The summed E-state index contributed by atoms with van der Waals surface area (Å²) in [6, 6.07) is 4.78. The molecular weight excluding hydrogens is 410 g/mol. The zero-order chi connectivity index (χ0) is 22.6. The maximum atomic E-state index is 13.3. The van der Waals surface area contributed by atoms with Crippen LogP contribution < -0.4 is 31.2 Å². The molecule has 162 valence electrons. The number of aromatic nitrogens is 1. The number of carbonyl (C=O) groups excluding carboxylic acids is 3. The van der Waals surface area contributed by atoms with Crippen LogP contribution in [-0.4, -0.2) is 48.4 Å². The van der Waals surface area contributed by atoms with Crippen LogP contribution in [0.4, 0.5) is 11.4 Å². The van der Waals surface area contributed by atoms with Crippen molar-refractivity contribution in [1.29, 1.82) is 0 Å². The van der Waals surface area contributed by atoms with Crippen LogP contribution in [0.5, 0.6) is 11.5 Å². The Bertz CT molecular complexity index is 967. The van der Waals surface area contributed by atoms with Crippen molar-refractivity contribution in [2.24, 2.45) is 5.73 Å². The number of anilines is 2. The molecule has 30 heavy (non-hydrogen) atoms. The van der Waals surface area contributed by atoms with Crippen molar-refractivity contribution in [3.63, 3.8) is 0 Å². The molecule has 0 spiro atoms. The van der Waals surface area contributed by atoms with E-state index < -0.39 is 17.4 Å². The number of benzene rings is 1. The molecule has 0 aliphatic carbocycles. The van der Waals surface area contributed by atoms with E-state index in [1.54, 1.807) is 18.2 Å². The monoisotopic (exact) mass is 435 g/mol. The average Bonchev–Trinajstić information content (AvgIpc) is 3.05. The normalized spacial score (nSPS) is 11.0. The zero-order valence-electron chi connectivity index (χ0n) is 17.4. The van der Waals surface area contributed by atoms with Crippen LogP contribution in [0.3, 0.4) is 0 Å². The quantitative estimate of drug-likeness (QED) is 0.595. The van der Waals surface area contributed by atoms with Gasteiger partial charge in [0.1, 0.15) is 11.4 Å². The van der Waals surface area contributed by atoms with Gasteiger partial charge in [0.2, 0.25) is 5.91 Å². The number of rotatable bonds is 7. The second-order valence-corrected chi connectivity index (χ2v) is 8.14. The molecule has 5 N–H and O–H groups in total. The van der Waals surface area contributed by atoms with Crippen LogP contribution in [0.25, 0.3) is 0 Å². The number of ether oxygens (including phenoxy) is 2. The molecule has 1 heterocycles. The predicted molar refractivity (Wildman–Crippen MR) is 114 cm³/mol. The smallest absolute Gasteiger partial charge is 0.272 e. The lowest BCUT2D eigenvalue weighted by Crippen LogP contribution is -2.47. The fraction of sp³-hybridized carbons (Fsp3) is 0.368. The summed E-state index contributed by atoms with van der Waals surface area (Å²) in [7, 11) is 2.95. The number of carbonyl (C=O) groups is 3. The fourth-order valence-electron chi connectivity index (χ4n) is 2.63. The lowest BCUT2D eigenvalue weighted by Gasteiger charge is -2.26. The van der Waals surface area contributed by atoms with Gasteiger partial charge < -0.3 is 26.3 Å². The molecule has 0 saturated carbocycles. The molecule has 2 aromatic rings. The highest BCUT2D eigenvalue weighted by Crippen LogP contribution is 2.33. The lowest BCUT2D eigenvalue weighted by atomic mass is 10.1. The molecule has 0 aliphatic heterocycles. The summed E-state index contributed by atoms with van der Waals surface area (Å²) >= 11 is 0.739. The highest BCUT2D eigenvalue weighted by Gasteiger charge is 2.29. The highest BCUT2D eigenvalue weighted by molar-refractivity contribution is 7.09. The van der Waals surface area contributed by atoms with E-state index in [4.69, 9.17) is 20.9 Å². The molecule has 0 fully saturated rings. The third kappa shape index (κ3) is 5.17. The fourth-order valence-corrected chi connectivity index (χ4v) is 3.38. The Morgan fingerprint density at radius 3 is 2.30 bits per heavy atom. The van der Waals surface area contributed by atoms with Gasteiger partial charge in [-0.15, -0.1) is 0 Å². The first-order chi connectivity index (χ1) is 14.0. The van der Waals surface area contributed by atoms with E-state index >= 15 is 0 Å². The van der Waals surface area contributed by atoms with E-state index in [0.29, 0.717) is 17.2 Å². The maximum Gasteiger partial charge on any atom is 0.272 e. The van der Waals surface area contributed by atoms with Crippen LogP contribution in [0.2, 0.25) is 0 Å². The second kappa shape index (κ2) is 8.99. The zero-order valence-corrected chi connectivity index (χ0v) is 18.3. The van der Waals surface area contributed by atoms with Gasteiger partial charge in [-0.2, -0.15) is 4.37 Å². The molecule has 3 amide bonds. The van der Waals surface area contributed by atoms with Gasteiger partial charge in [-0.3, -0.25) is 19.3 Å². The van der Waals surface area contributed by atoms with E-state index in [0.717, 1.165) is 11.5 Å². The summed E-state index contributed by atoms with van der Waals surface area (Å²) in [5.74, 6) is -0.996. The van der Waals surface area contributed by atoms with Crippen molar-refractivity contribution in [1.82, 2.24) is 9.69 Å². The Hall–Kier alpha value is -3.34. The summed E-state index contributed by atoms with van der Waals surface area (Å²) in [5, 5.41) is 2.81. The summed E-state index contributed by atoms with van der Waals surface area (Å²) in [6.45, 7) is 5.18. The lowest BCUT2D eigenvalue weighted by molar-refractivity contribution is -0.121. The summed E-state index contributed by atoms with van der Waals surface area (Å²) in [5.41, 5.74) is 10.7. The third-order valence-electron chi connectivity index (χ3n) is 3.90. The number of nitrogen functional groups attached to an aromatic ring is 1. The number of hydrogen-bond donors (Lipinski definition) is 3. The molecule has 10 nitrogen and oxygen atoms in total. The first-order valence-corrected chi connectivity index (χ1v) is 9.65. The number of amides is 3. The minimum absolute atomic E-state index is 0.00198. The molecule has 2 rings (SSSR count). The predicted octanol–water partition coefficient (Wildman–Crippen LogP) is 1.40.